The van der Waals surface area contributed by atoms with Crippen molar-refractivity contribution in [3.05, 3.63) is 52.6 Å². The maximum atomic E-state index is 12.9. The summed E-state index contributed by atoms with van der Waals surface area (Å²) in [6, 6.07) is 7.87. The van der Waals surface area contributed by atoms with Gasteiger partial charge in [-0.25, -0.2) is 4.98 Å². The van der Waals surface area contributed by atoms with Gasteiger partial charge in [-0.05, 0) is 42.3 Å². The summed E-state index contributed by atoms with van der Waals surface area (Å²) in [7, 11) is 0. The number of hydrogen-bond acceptors (Lipinski definition) is 6. The van der Waals surface area contributed by atoms with Gasteiger partial charge in [-0.3, -0.25) is 9.78 Å². The predicted octanol–water partition coefficient (Wildman–Crippen LogP) is 3.77. The maximum Gasteiger partial charge on any atom is 0.243 e. The smallest absolute Gasteiger partial charge is 0.243 e. The Kier molecular flexibility index (Phi) is 4.86. The van der Waals surface area contributed by atoms with E-state index in [1.54, 1.807) is 28.9 Å². The van der Waals surface area contributed by atoms with Gasteiger partial charge in [0.25, 0.3) is 0 Å². The van der Waals surface area contributed by atoms with Crippen LogP contribution in [-0.4, -0.2) is 35.0 Å². The largest absolute Gasteiger partial charge is 0.354 e. The number of aromatic nitrogens is 2. The number of pyridine rings is 1. The van der Waals surface area contributed by atoms with E-state index in [1.807, 2.05) is 18.2 Å². The lowest BCUT2D eigenvalue weighted by atomic mass is 10.2. The van der Waals surface area contributed by atoms with Crippen LogP contribution in [0.4, 0.5) is 5.00 Å². The minimum absolute atomic E-state index is 0.110. The maximum absolute atomic E-state index is 12.9. The summed E-state index contributed by atoms with van der Waals surface area (Å²) < 4.78 is 0. The number of rotatable bonds is 7. The van der Waals surface area contributed by atoms with E-state index in [0.29, 0.717) is 13.0 Å². The second-order valence-electron chi connectivity index (χ2n) is 7.46. The zero-order valence-electron chi connectivity index (χ0n) is 15.5. The molecule has 3 aromatic rings. The van der Waals surface area contributed by atoms with Crippen LogP contribution in [-0.2, 0) is 17.6 Å². The molecule has 1 atom stereocenters. The minimum atomic E-state index is -0.130. The second kappa shape index (κ2) is 7.64. The number of carbonyl (C=O) groups is 1. The highest BCUT2D eigenvalue weighted by atomic mass is 32.1. The zero-order valence-corrected chi connectivity index (χ0v) is 17.1. The van der Waals surface area contributed by atoms with Crippen LogP contribution in [0.3, 0.4) is 0 Å². The first-order valence-corrected chi connectivity index (χ1v) is 11.5. The number of amides is 1. The molecule has 0 saturated heterocycles. The van der Waals surface area contributed by atoms with Gasteiger partial charge in [0, 0.05) is 48.8 Å². The molecule has 1 amide bonds. The fourth-order valence-electron chi connectivity index (χ4n) is 3.65. The molecule has 28 heavy (non-hydrogen) atoms. The molecule has 0 spiro atoms. The molecule has 0 unspecified atom stereocenters. The number of hydrogen-bond donors (Lipinski definition) is 1. The van der Waals surface area contributed by atoms with Gasteiger partial charge < -0.3 is 10.2 Å². The van der Waals surface area contributed by atoms with Crippen LogP contribution in [0.5, 0.6) is 0 Å². The van der Waals surface area contributed by atoms with Crippen molar-refractivity contribution in [2.24, 2.45) is 5.92 Å². The molecule has 2 aliphatic rings. The second-order valence-corrected chi connectivity index (χ2v) is 9.22. The van der Waals surface area contributed by atoms with Crippen molar-refractivity contribution in [1.29, 1.82) is 0 Å². The molecule has 7 heteroatoms. The van der Waals surface area contributed by atoms with E-state index >= 15 is 0 Å². The Hall–Kier alpha value is -2.25. The molecule has 1 saturated carbocycles. The van der Waals surface area contributed by atoms with Gasteiger partial charge in [0.05, 0.1) is 5.69 Å². The number of nitrogens with one attached hydrogen (secondary N) is 1. The van der Waals surface area contributed by atoms with E-state index in [1.165, 1.54) is 23.4 Å². The standard InChI is InChI=1S/C21H22N4OS2/c26-19(23-9-6-16-3-1-2-8-22-16)18-11-17-21(25(18)12-14-4-5-14)28-20(24-17)15-7-10-27-13-15/h1-3,7-8,10,13-14,18H,4-6,9,11-12H2,(H,23,26)/t18-/m0/s1. The average Bonchev–Trinajstić information content (AvgIpc) is 3.09. The van der Waals surface area contributed by atoms with Crippen LogP contribution in [0.15, 0.2) is 41.2 Å². The van der Waals surface area contributed by atoms with Crippen LogP contribution >= 0.6 is 22.7 Å². The lowest BCUT2D eigenvalue weighted by molar-refractivity contribution is -0.122. The van der Waals surface area contributed by atoms with E-state index in [9.17, 15) is 4.79 Å². The Bertz CT molecular complexity index is 950. The summed E-state index contributed by atoms with van der Waals surface area (Å²) in [4.78, 5) is 24.4. The highest BCUT2D eigenvalue weighted by Crippen LogP contribution is 2.43. The number of thiazole rings is 1. The Morgan fingerprint density at radius 3 is 2.96 bits per heavy atom. The molecular weight excluding hydrogens is 388 g/mol. The molecule has 1 fully saturated rings. The topological polar surface area (TPSA) is 58.1 Å². The molecule has 144 valence electrons. The van der Waals surface area contributed by atoms with Crippen molar-refractivity contribution in [3.8, 4) is 10.6 Å². The van der Waals surface area contributed by atoms with Gasteiger partial charge in [-0.15, -0.1) is 0 Å². The molecule has 1 aliphatic carbocycles. The molecule has 1 aliphatic heterocycles. The Labute approximate surface area is 172 Å². The first-order valence-electron chi connectivity index (χ1n) is 9.74. The van der Waals surface area contributed by atoms with Crippen LogP contribution in [0, 0.1) is 5.92 Å². The lowest BCUT2D eigenvalue weighted by Crippen LogP contribution is -2.46. The van der Waals surface area contributed by atoms with Gasteiger partial charge in [0.1, 0.15) is 16.1 Å². The number of anilines is 1. The zero-order chi connectivity index (χ0) is 18.9. The fourth-order valence-corrected chi connectivity index (χ4v) is 5.51. The van der Waals surface area contributed by atoms with Crippen LogP contribution in [0.2, 0.25) is 0 Å². The third kappa shape index (κ3) is 3.69. The van der Waals surface area contributed by atoms with Gasteiger partial charge in [0.15, 0.2) is 0 Å². The number of thiophene rings is 1. The molecule has 5 rings (SSSR count). The van der Waals surface area contributed by atoms with E-state index < -0.39 is 0 Å². The fraction of sp³-hybridized carbons (Fsp3) is 0.381. The average molecular weight is 411 g/mol. The summed E-state index contributed by atoms with van der Waals surface area (Å²) in [5.74, 6) is 0.834. The quantitative estimate of drug-likeness (QED) is 0.644. The van der Waals surface area contributed by atoms with Gasteiger partial charge in [0.2, 0.25) is 5.91 Å². The van der Waals surface area contributed by atoms with E-state index in [2.05, 4.69) is 32.0 Å². The Morgan fingerprint density at radius 2 is 2.21 bits per heavy atom. The van der Waals surface area contributed by atoms with E-state index in [0.717, 1.165) is 35.3 Å². The minimum Gasteiger partial charge on any atom is -0.354 e. The molecule has 1 N–H and O–H groups in total. The van der Waals surface area contributed by atoms with Crippen LogP contribution in [0.1, 0.15) is 24.2 Å². The normalized spacial score (nSPS) is 18.3. The number of carbonyl (C=O) groups excluding carboxylic acids is 1. The molecule has 0 bridgehead atoms. The molecular formula is C21H22N4OS2. The van der Waals surface area contributed by atoms with Crippen molar-refractivity contribution < 1.29 is 4.79 Å². The molecule has 0 aromatic carbocycles. The molecule has 4 heterocycles. The van der Waals surface area contributed by atoms with Gasteiger partial charge in [-0.1, -0.05) is 17.4 Å². The van der Waals surface area contributed by atoms with Gasteiger partial charge in [-0.2, -0.15) is 11.3 Å². The predicted molar refractivity (Wildman–Crippen MR) is 114 cm³/mol. The molecule has 5 nitrogen and oxygen atoms in total. The first-order chi connectivity index (χ1) is 13.8. The van der Waals surface area contributed by atoms with Crippen molar-refractivity contribution in [1.82, 2.24) is 15.3 Å². The third-order valence-corrected chi connectivity index (χ3v) is 7.20. The van der Waals surface area contributed by atoms with Crippen molar-refractivity contribution in [2.45, 2.75) is 31.7 Å². The third-order valence-electron chi connectivity index (χ3n) is 5.33. The monoisotopic (exact) mass is 410 g/mol. The molecule has 3 aromatic heterocycles. The van der Waals surface area contributed by atoms with Gasteiger partial charge >= 0.3 is 0 Å². The highest BCUT2D eigenvalue weighted by Gasteiger charge is 2.40. The highest BCUT2D eigenvalue weighted by molar-refractivity contribution is 7.19. The first kappa shape index (κ1) is 17.8. The number of nitrogens with zero attached hydrogens (tertiary/aromatic N) is 3. The number of fused-ring (bicyclic) bond motifs is 1. The summed E-state index contributed by atoms with van der Waals surface area (Å²) in [6.45, 7) is 1.58. The lowest BCUT2D eigenvalue weighted by Gasteiger charge is -2.25. The van der Waals surface area contributed by atoms with Crippen molar-refractivity contribution >= 4 is 33.6 Å². The Balaban J connectivity index is 1.28. The van der Waals surface area contributed by atoms with Crippen LogP contribution in [0.25, 0.3) is 10.6 Å². The van der Waals surface area contributed by atoms with Crippen molar-refractivity contribution in [2.75, 3.05) is 18.0 Å². The van der Waals surface area contributed by atoms with Crippen molar-refractivity contribution in [3.63, 3.8) is 0 Å². The SMILES string of the molecule is O=C(NCCc1ccccn1)[C@@H]1Cc2nc(-c3ccsc3)sc2N1CC1CC1. The van der Waals surface area contributed by atoms with Crippen LogP contribution < -0.4 is 10.2 Å². The summed E-state index contributed by atoms with van der Waals surface area (Å²) >= 11 is 3.42. The summed E-state index contributed by atoms with van der Waals surface area (Å²) in [5, 5.41) is 9.61. The summed E-state index contributed by atoms with van der Waals surface area (Å²) in [5.41, 5.74) is 3.27. The summed E-state index contributed by atoms with van der Waals surface area (Å²) in [6.07, 6.45) is 5.80. The molecule has 0 radical (unpaired) electrons. The van der Waals surface area contributed by atoms with E-state index in [-0.39, 0.29) is 11.9 Å². The Morgan fingerprint density at radius 1 is 1.29 bits per heavy atom. The van der Waals surface area contributed by atoms with E-state index in [4.69, 9.17) is 4.98 Å².